The quantitative estimate of drug-likeness (QED) is 0.0649. The highest BCUT2D eigenvalue weighted by Crippen LogP contribution is 2.17. The van der Waals surface area contributed by atoms with Gasteiger partial charge < -0.3 is 0 Å². The molecule has 0 aromatic heterocycles. The number of unbranched alkanes of at least 4 members (excludes halogenated alkanes) is 28. The molecule has 1 unspecified atom stereocenters. The van der Waals surface area contributed by atoms with E-state index in [1.54, 1.807) is 0 Å². The van der Waals surface area contributed by atoms with Crippen LogP contribution in [0.3, 0.4) is 0 Å². The lowest BCUT2D eigenvalue weighted by Crippen LogP contribution is -2.36. The Morgan fingerprint density at radius 1 is 0.386 bits per heavy atom. The van der Waals surface area contributed by atoms with Gasteiger partial charge in [-0.05, 0) is 33.4 Å². The Kier molecular flexibility index (Phi) is 34.6. The van der Waals surface area contributed by atoms with Crippen LogP contribution in [-0.4, -0.2) is 36.6 Å². The first kappa shape index (κ1) is 43.3. The van der Waals surface area contributed by atoms with E-state index in [1.807, 2.05) is 19.0 Å². The van der Waals surface area contributed by atoms with E-state index < -0.39 is 0 Å². The number of carbonyl (C=O) groups is 2. The van der Waals surface area contributed by atoms with Gasteiger partial charge in [0.05, 0.1) is 6.04 Å². The van der Waals surface area contributed by atoms with E-state index in [4.69, 9.17) is 0 Å². The molecule has 3 heteroatoms. The highest BCUT2D eigenvalue weighted by molar-refractivity contribution is 5.85. The molecule has 0 aliphatic carbocycles. The zero-order valence-electron chi connectivity index (χ0n) is 30.9. The van der Waals surface area contributed by atoms with E-state index in [2.05, 4.69) is 13.8 Å². The van der Waals surface area contributed by atoms with Crippen LogP contribution in [-0.2, 0) is 9.59 Å². The summed E-state index contributed by atoms with van der Waals surface area (Å²) in [6, 6.07) is -0.0911. The van der Waals surface area contributed by atoms with Gasteiger partial charge in [-0.3, -0.25) is 14.5 Å². The number of likely N-dealkylation sites (N-methyl/N-ethyl adjacent to an activating group) is 1. The van der Waals surface area contributed by atoms with Crippen molar-refractivity contribution in [3.05, 3.63) is 0 Å². The standard InChI is InChI=1S/C41H81NO2/c1-5-7-9-11-13-15-17-19-21-23-25-27-29-31-33-35-39(43)37-38-40(42(3)4)41(44)36-34-32-30-28-26-24-22-20-18-16-14-12-10-8-6-2/h40H,5-38H2,1-4H3. The molecule has 0 saturated carbocycles. The van der Waals surface area contributed by atoms with Crippen LogP contribution >= 0.6 is 0 Å². The summed E-state index contributed by atoms with van der Waals surface area (Å²) in [6.45, 7) is 4.57. The highest BCUT2D eigenvalue weighted by atomic mass is 16.1. The van der Waals surface area contributed by atoms with E-state index >= 15 is 0 Å². The van der Waals surface area contributed by atoms with Crippen molar-refractivity contribution in [1.29, 1.82) is 0 Å². The topological polar surface area (TPSA) is 37.4 Å². The molecule has 0 rings (SSSR count). The lowest BCUT2D eigenvalue weighted by atomic mass is 9.97. The van der Waals surface area contributed by atoms with Crippen molar-refractivity contribution in [1.82, 2.24) is 4.90 Å². The normalized spacial score (nSPS) is 12.3. The van der Waals surface area contributed by atoms with Crippen molar-refractivity contribution < 1.29 is 9.59 Å². The van der Waals surface area contributed by atoms with E-state index in [1.165, 1.54) is 180 Å². The number of hydrogen-bond acceptors (Lipinski definition) is 3. The van der Waals surface area contributed by atoms with Crippen molar-refractivity contribution in [3.63, 3.8) is 0 Å². The average Bonchev–Trinajstić information content (AvgIpc) is 3.01. The molecule has 0 spiro atoms. The molecule has 0 amide bonds. The molecule has 0 aliphatic heterocycles. The highest BCUT2D eigenvalue weighted by Gasteiger charge is 2.21. The monoisotopic (exact) mass is 620 g/mol. The molecule has 0 N–H and O–H groups in total. The summed E-state index contributed by atoms with van der Waals surface area (Å²) < 4.78 is 0. The molecule has 0 aromatic carbocycles. The van der Waals surface area contributed by atoms with Gasteiger partial charge >= 0.3 is 0 Å². The minimum absolute atomic E-state index is 0.0911. The zero-order valence-corrected chi connectivity index (χ0v) is 30.9. The molecule has 0 aliphatic rings. The molecule has 262 valence electrons. The Hall–Kier alpha value is -0.700. The maximum absolute atomic E-state index is 12.9. The fourth-order valence-electron chi connectivity index (χ4n) is 6.66. The molecule has 0 radical (unpaired) electrons. The zero-order chi connectivity index (χ0) is 32.4. The van der Waals surface area contributed by atoms with Crippen molar-refractivity contribution in [2.24, 2.45) is 0 Å². The molecule has 1 atom stereocenters. The van der Waals surface area contributed by atoms with Gasteiger partial charge in [0.1, 0.15) is 11.6 Å². The minimum atomic E-state index is -0.0911. The van der Waals surface area contributed by atoms with E-state index in [-0.39, 0.29) is 6.04 Å². The predicted molar refractivity (Wildman–Crippen MR) is 196 cm³/mol. The van der Waals surface area contributed by atoms with Crippen LogP contribution < -0.4 is 0 Å². The third kappa shape index (κ3) is 31.3. The average molecular weight is 620 g/mol. The van der Waals surface area contributed by atoms with Gasteiger partial charge in [-0.15, -0.1) is 0 Å². The molecular formula is C41H81NO2. The molecule has 0 bridgehead atoms. The molecule has 0 aromatic rings. The molecule has 0 saturated heterocycles. The maximum Gasteiger partial charge on any atom is 0.149 e. The van der Waals surface area contributed by atoms with Crippen LogP contribution in [0.15, 0.2) is 0 Å². The van der Waals surface area contributed by atoms with Crippen LogP contribution in [0.2, 0.25) is 0 Å². The van der Waals surface area contributed by atoms with Crippen molar-refractivity contribution in [2.45, 2.75) is 238 Å². The Morgan fingerprint density at radius 3 is 0.955 bits per heavy atom. The van der Waals surface area contributed by atoms with E-state index in [0.717, 1.165) is 12.8 Å². The SMILES string of the molecule is CCCCCCCCCCCCCCCCCC(=O)CCC(C(=O)CCCCCCCCCCCCCCCCC)N(C)C. The van der Waals surface area contributed by atoms with Gasteiger partial charge in [-0.2, -0.15) is 0 Å². The van der Waals surface area contributed by atoms with Crippen molar-refractivity contribution in [3.8, 4) is 0 Å². The van der Waals surface area contributed by atoms with Gasteiger partial charge in [0.2, 0.25) is 0 Å². The van der Waals surface area contributed by atoms with Gasteiger partial charge in [0.25, 0.3) is 0 Å². The number of rotatable bonds is 37. The van der Waals surface area contributed by atoms with Crippen molar-refractivity contribution >= 4 is 11.6 Å². The number of Topliss-reactive ketones (excluding diaryl/α,β-unsaturated/α-hetero) is 2. The largest absolute Gasteiger partial charge is 0.300 e. The summed E-state index contributed by atoms with van der Waals surface area (Å²) >= 11 is 0. The Labute approximate surface area is 277 Å². The molecule has 3 nitrogen and oxygen atoms in total. The molecular weight excluding hydrogens is 538 g/mol. The second kappa shape index (κ2) is 35.2. The van der Waals surface area contributed by atoms with Crippen LogP contribution in [0.1, 0.15) is 232 Å². The van der Waals surface area contributed by atoms with Crippen LogP contribution in [0.25, 0.3) is 0 Å². The lowest BCUT2D eigenvalue weighted by molar-refractivity contribution is -0.124. The van der Waals surface area contributed by atoms with Crippen LogP contribution in [0, 0.1) is 0 Å². The molecule has 44 heavy (non-hydrogen) atoms. The molecule has 0 heterocycles. The van der Waals surface area contributed by atoms with Crippen LogP contribution in [0.5, 0.6) is 0 Å². The third-order valence-electron chi connectivity index (χ3n) is 9.78. The fourth-order valence-corrected chi connectivity index (χ4v) is 6.66. The summed E-state index contributed by atoms with van der Waals surface area (Å²) in [4.78, 5) is 27.4. The lowest BCUT2D eigenvalue weighted by Gasteiger charge is -2.22. The Balaban J connectivity index is 3.62. The second-order valence-corrected chi connectivity index (χ2v) is 14.4. The first-order valence-electron chi connectivity index (χ1n) is 20.2. The first-order chi connectivity index (χ1) is 21.5. The Morgan fingerprint density at radius 2 is 0.659 bits per heavy atom. The number of nitrogens with zero attached hydrogens (tertiary/aromatic N) is 1. The minimum Gasteiger partial charge on any atom is -0.300 e. The van der Waals surface area contributed by atoms with E-state index in [0.29, 0.717) is 37.2 Å². The maximum atomic E-state index is 12.9. The number of ketones is 2. The van der Waals surface area contributed by atoms with E-state index in [9.17, 15) is 9.59 Å². The summed E-state index contributed by atoms with van der Waals surface area (Å²) in [5.41, 5.74) is 0. The smallest absolute Gasteiger partial charge is 0.149 e. The Bertz CT molecular complexity index is 601. The number of carbonyl (C=O) groups excluding carboxylic acids is 2. The van der Waals surface area contributed by atoms with Gasteiger partial charge in [0, 0.05) is 19.3 Å². The van der Waals surface area contributed by atoms with Gasteiger partial charge in [0.15, 0.2) is 0 Å². The van der Waals surface area contributed by atoms with Crippen LogP contribution in [0.4, 0.5) is 0 Å². The van der Waals surface area contributed by atoms with Gasteiger partial charge in [-0.1, -0.05) is 194 Å². The fraction of sp³-hybridized carbons (Fsp3) is 0.951. The molecule has 0 fully saturated rings. The van der Waals surface area contributed by atoms with Crippen molar-refractivity contribution in [2.75, 3.05) is 14.1 Å². The van der Waals surface area contributed by atoms with Gasteiger partial charge in [-0.25, -0.2) is 0 Å². The summed E-state index contributed by atoms with van der Waals surface area (Å²) in [5, 5.41) is 0. The summed E-state index contributed by atoms with van der Waals surface area (Å²) in [5.74, 6) is 0.691. The number of hydrogen-bond donors (Lipinski definition) is 0. The predicted octanol–water partition coefficient (Wildman–Crippen LogP) is 13.4. The summed E-state index contributed by atoms with van der Waals surface area (Å²) in [7, 11) is 3.99. The third-order valence-corrected chi connectivity index (χ3v) is 9.78. The second-order valence-electron chi connectivity index (χ2n) is 14.4. The summed E-state index contributed by atoms with van der Waals surface area (Å²) in [6.07, 6.45) is 43.1. The first-order valence-corrected chi connectivity index (χ1v) is 20.2.